The van der Waals surface area contributed by atoms with Gasteiger partial charge in [-0.25, -0.2) is 9.50 Å². The van der Waals surface area contributed by atoms with Gasteiger partial charge in [0.25, 0.3) is 0 Å². The van der Waals surface area contributed by atoms with Gasteiger partial charge in [0.1, 0.15) is 0 Å². The quantitative estimate of drug-likeness (QED) is 0.678. The number of fused-ring (bicyclic) bond motifs is 1. The predicted octanol–water partition coefficient (Wildman–Crippen LogP) is 3.79. The van der Waals surface area contributed by atoms with Gasteiger partial charge in [0, 0.05) is 43.2 Å². The molecule has 136 valence electrons. The molecule has 0 saturated carbocycles. The number of aromatic nitrogens is 3. The fourth-order valence-corrected chi connectivity index (χ4v) is 3.65. The largest absolute Gasteiger partial charge is 0.377 e. The highest BCUT2D eigenvalue weighted by Crippen LogP contribution is 2.23. The molecule has 2 aromatic heterocycles. The normalized spacial score (nSPS) is 18.4. The lowest BCUT2D eigenvalue weighted by Crippen LogP contribution is -2.39. The molecule has 5 heteroatoms. The van der Waals surface area contributed by atoms with Crippen LogP contribution in [0.5, 0.6) is 0 Å². The second-order valence-electron chi connectivity index (χ2n) is 7.02. The Labute approximate surface area is 154 Å². The lowest BCUT2D eigenvalue weighted by atomic mass is 10.1. The molecule has 0 N–H and O–H groups in total. The van der Waals surface area contributed by atoms with Gasteiger partial charge in [-0.2, -0.15) is 5.10 Å². The van der Waals surface area contributed by atoms with E-state index in [1.54, 1.807) is 0 Å². The van der Waals surface area contributed by atoms with E-state index in [1.165, 1.54) is 18.4 Å². The smallest absolute Gasteiger partial charge is 0.162 e. The van der Waals surface area contributed by atoms with E-state index in [1.807, 2.05) is 35.1 Å². The number of likely N-dealkylation sites (tertiary alicyclic amines) is 1. The Morgan fingerprint density at radius 2 is 2.08 bits per heavy atom. The van der Waals surface area contributed by atoms with E-state index in [2.05, 4.69) is 35.3 Å². The standard InChI is InChI=1S/C21H26N4O/c1-2-11-26-19-9-6-10-24(16-19)14-17-12-22-21-20(13-23-25(21)15-17)18-7-4-3-5-8-18/h3-5,7-8,12-13,15,19H,2,6,9-11,14,16H2,1H3/t19-/m1/s1. The van der Waals surface area contributed by atoms with Crippen LogP contribution in [0.15, 0.2) is 48.9 Å². The van der Waals surface area contributed by atoms with Crippen LogP contribution in [0.25, 0.3) is 16.8 Å². The maximum absolute atomic E-state index is 5.95. The summed E-state index contributed by atoms with van der Waals surface area (Å²) in [5, 5.41) is 4.52. The fourth-order valence-electron chi connectivity index (χ4n) is 3.65. The van der Waals surface area contributed by atoms with Gasteiger partial charge in [0.2, 0.25) is 0 Å². The number of hydrogen-bond acceptors (Lipinski definition) is 4. The minimum absolute atomic E-state index is 0.370. The summed E-state index contributed by atoms with van der Waals surface area (Å²) in [5.74, 6) is 0. The van der Waals surface area contributed by atoms with Crippen LogP contribution in [0, 0.1) is 0 Å². The number of hydrogen-bond donors (Lipinski definition) is 0. The van der Waals surface area contributed by atoms with E-state index in [0.29, 0.717) is 6.10 Å². The lowest BCUT2D eigenvalue weighted by Gasteiger charge is -2.32. The van der Waals surface area contributed by atoms with Gasteiger partial charge in [0.15, 0.2) is 5.65 Å². The van der Waals surface area contributed by atoms with Crippen molar-refractivity contribution in [3.8, 4) is 11.1 Å². The molecule has 0 unspecified atom stereocenters. The van der Waals surface area contributed by atoms with Gasteiger partial charge in [-0.3, -0.25) is 4.90 Å². The van der Waals surface area contributed by atoms with Crippen molar-refractivity contribution in [2.24, 2.45) is 0 Å². The van der Waals surface area contributed by atoms with Crippen molar-refractivity contribution in [1.82, 2.24) is 19.5 Å². The minimum Gasteiger partial charge on any atom is -0.377 e. The molecule has 1 aromatic carbocycles. The van der Waals surface area contributed by atoms with Crippen molar-refractivity contribution in [3.63, 3.8) is 0 Å². The Morgan fingerprint density at radius 3 is 2.92 bits per heavy atom. The Kier molecular flexibility index (Phi) is 5.27. The van der Waals surface area contributed by atoms with E-state index in [9.17, 15) is 0 Å². The molecule has 3 heterocycles. The zero-order chi connectivity index (χ0) is 17.8. The highest BCUT2D eigenvalue weighted by atomic mass is 16.5. The Bertz CT molecular complexity index is 846. The summed E-state index contributed by atoms with van der Waals surface area (Å²) in [7, 11) is 0. The van der Waals surface area contributed by atoms with Gasteiger partial charge in [-0.15, -0.1) is 0 Å². The summed E-state index contributed by atoms with van der Waals surface area (Å²) < 4.78 is 7.84. The summed E-state index contributed by atoms with van der Waals surface area (Å²) in [6.45, 7) is 6.05. The third-order valence-corrected chi connectivity index (χ3v) is 4.92. The Balaban J connectivity index is 1.48. The second-order valence-corrected chi connectivity index (χ2v) is 7.02. The summed E-state index contributed by atoms with van der Waals surface area (Å²) in [5.41, 5.74) is 4.32. The van der Waals surface area contributed by atoms with E-state index in [0.717, 1.165) is 49.4 Å². The molecule has 1 atom stereocenters. The van der Waals surface area contributed by atoms with Crippen LogP contribution in [-0.4, -0.2) is 45.3 Å². The summed E-state index contributed by atoms with van der Waals surface area (Å²) in [4.78, 5) is 7.16. The lowest BCUT2D eigenvalue weighted by molar-refractivity contribution is -0.00228. The molecule has 1 aliphatic rings. The van der Waals surface area contributed by atoms with Gasteiger partial charge < -0.3 is 4.74 Å². The number of benzene rings is 1. The molecule has 3 aromatic rings. The van der Waals surface area contributed by atoms with Crippen molar-refractivity contribution in [3.05, 3.63) is 54.5 Å². The average molecular weight is 350 g/mol. The fraction of sp³-hybridized carbons (Fsp3) is 0.429. The van der Waals surface area contributed by atoms with Crippen LogP contribution >= 0.6 is 0 Å². The molecule has 1 aliphatic heterocycles. The highest BCUT2D eigenvalue weighted by Gasteiger charge is 2.20. The molecule has 0 radical (unpaired) electrons. The molecule has 26 heavy (non-hydrogen) atoms. The first kappa shape index (κ1) is 17.2. The first-order valence-corrected chi connectivity index (χ1v) is 9.55. The average Bonchev–Trinajstić information content (AvgIpc) is 3.10. The number of nitrogens with zero attached hydrogens (tertiary/aromatic N) is 4. The van der Waals surface area contributed by atoms with E-state index >= 15 is 0 Å². The van der Waals surface area contributed by atoms with Crippen molar-refractivity contribution >= 4 is 5.65 Å². The third kappa shape index (κ3) is 3.79. The van der Waals surface area contributed by atoms with E-state index in [-0.39, 0.29) is 0 Å². The van der Waals surface area contributed by atoms with Gasteiger partial charge in [-0.05, 0) is 31.4 Å². The number of ether oxygens (including phenoxy) is 1. The zero-order valence-electron chi connectivity index (χ0n) is 15.3. The predicted molar refractivity (Wildman–Crippen MR) is 103 cm³/mol. The minimum atomic E-state index is 0.370. The monoisotopic (exact) mass is 350 g/mol. The van der Waals surface area contributed by atoms with Crippen molar-refractivity contribution in [2.75, 3.05) is 19.7 Å². The van der Waals surface area contributed by atoms with Crippen LogP contribution in [-0.2, 0) is 11.3 Å². The molecule has 5 nitrogen and oxygen atoms in total. The van der Waals surface area contributed by atoms with Crippen LogP contribution < -0.4 is 0 Å². The number of piperidine rings is 1. The van der Waals surface area contributed by atoms with Crippen LogP contribution in [0.4, 0.5) is 0 Å². The molecule has 1 fully saturated rings. The Hall–Kier alpha value is -2.24. The zero-order valence-corrected chi connectivity index (χ0v) is 15.3. The van der Waals surface area contributed by atoms with Gasteiger partial charge >= 0.3 is 0 Å². The molecule has 0 bridgehead atoms. The molecule has 0 spiro atoms. The first-order chi connectivity index (χ1) is 12.8. The highest BCUT2D eigenvalue weighted by molar-refractivity contribution is 5.76. The topological polar surface area (TPSA) is 42.7 Å². The maximum Gasteiger partial charge on any atom is 0.162 e. The van der Waals surface area contributed by atoms with E-state index in [4.69, 9.17) is 9.72 Å². The number of rotatable bonds is 6. The summed E-state index contributed by atoms with van der Waals surface area (Å²) in [6.07, 6.45) is 9.81. The van der Waals surface area contributed by atoms with Crippen molar-refractivity contribution in [2.45, 2.75) is 38.8 Å². The van der Waals surface area contributed by atoms with Crippen LogP contribution in [0.1, 0.15) is 31.7 Å². The second kappa shape index (κ2) is 7.98. The van der Waals surface area contributed by atoms with Gasteiger partial charge in [-0.1, -0.05) is 37.3 Å². The molecule has 0 amide bonds. The first-order valence-electron chi connectivity index (χ1n) is 9.55. The van der Waals surface area contributed by atoms with Crippen LogP contribution in [0.3, 0.4) is 0 Å². The molecular formula is C21H26N4O. The van der Waals surface area contributed by atoms with E-state index < -0.39 is 0 Å². The molecule has 0 aliphatic carbocycles. The maximum atomic E-state index is 5.95. The van der Waals surface area contributed by atoms with Crippen LogP contribution in [0.2, 0.25) is 0 Å². The molecular weight excluding hydrogens is 324 g/mol. The summed E-state index contributed by atoms with van der Waals surface area (Å²) in [6, 6.07) is 10.3. The van der Waals surface area contributed by atoms with Crippen molar-refractivity contribution in [1.29, 1.82) is 0 Å². The molecule has 1 saturated heterocycles. The summed E-state index contributed by atoms with van der Waals surface area (Å²) >= 11 is 0. The third-order valence-electron chi connectivity index (χ3n) is 4.92. The van der Waals surface area contributed by atoms with Gasteiger partial charge in [0.05, 0.1) is 12.3 Å². The SMILES string of the molecule is CCCO[C@@H]1CCCN(Cc2cnc3c(-c4ccccc4)cnn3c2)C1. The molecule has 4 rings (SSSR count). The Morgan fingerprint density at radius 1 is 1.19 bits per heavy atom. The van der Waals surface area contributed by atoms with Crippen molar-refractivity contribution < 1.29 is 4.74 Å².